The van der Waals surface area contributed by atoms with Crippen molar-refractivity contribution in [1.29, 1.82) is 0 Å². The van der Waals surface area contributed by atoms with Crippen LogP contribution >= 0.6 is 0 Å². The van der Waals surface area contributed by atoms with Gasteiger partial charge in [0.2, 0.25) is 5.91 Å². The molecular weight excluding hydrogens is 330 g/mol. The quantitative estimate of drug-likeness (QED) is 0.602. The Bertz CT molecular complexity index is 978. The van der Waals surface area contributed by atoms with Crippen LogP contribution in [0.2, 0.25) is 0 Å². The highest BCUT2D eigenvalue weighted by Gasteiger charge is 2.51. The first-order chi connectivity index (χ1) is 12.2. The molecule has 3 rings (SSSR count). The third-order valence-corrected chi connectivity index (χ3v) is 5.09. The number of fused-ring (bicyclic) bond motifs is 1. The van der Waals surface area contributed by atoms with Crippen LogP contribution in [0, 0.1) is 0 Å². The summed E-state index contributed by atoms with van der Waals surface area (Å²) < 4.78 is 0. The molecule has 0 aliphatic carbocycles. The van der Waals surface area contributed by atoms with Gasteiger partial charge in [-0.3, -0.25) is 14.6 Å². The third kappa shape index (κ3) is 2.57. The molecule has 0 bridgehead atoms. The number of nitrogens with zero attached hydrogens (tertiary/aromatic N) is 2. The van der Waals surface area contributed by atoms with Crippen molar-refractivity contribution in [2.45, 2.75) is 31.7 Å². The molecule has 0 saturated carbocycles. The van der Waals surface area contributed by atoms with E-state index in [-0.39, 0.29) is 0 Å². The first kappa shape index (κ1) is 17.8. The van der Waals surface area contributed by atoms with E-state index in [4.69, 9.17) is 11.5 Å². The molecule has 0 aliphatic heterocycles. The number of primary amides is 1. The van der Waals surface area contributed by atoms with Gasteiger partial charge in [-0.05, 0) is 36.8 Å². The fourth-order valence-corrected chi connectivity index (χ4v) is 3.19. The molecule has 2 heterocycles. The number of hydrogen-bond donors (Lipinski definition) is 3. The summed E-state index contributed by atoms with van der Waals surface area (Å²) in [6.45, 7) is 4.74. The van der Waals surface area contributed by atoms with Crippen molar-refractivity contribution in [3.05, 3.63) is 48.3 Å². The van der Waals surface area contributed by atoms with E-state index in [1.807, 2.05) is 30.3 Å². The number of ketones is 1. The van der Waals surface area contributed by atoms with E-state index < -0.39 is 22.6 Å². The lowest BCUT2D eigenvalue weighted by Crippen LogP contribution is -2.67. The number of carbonyl (C=O) groups excluding carboxylic acids is 2. The minimum atomic E-state index is -1.81. The Hall–Kier alpha value is -3.06. The highest BCUT2D eigenvalue weighted by atomic mass is 16.2. The number of rotatable bonds is 5. The number of aromatic amines is 1. The van der Waals surface area contributed by atoms with Crippen LogP contribution in [-0.2, 0) is 15.0 Å². The molecule has 26 heavy (non-hydrogen) atoms. The summed E-state index contributed by atoms with van der Waals surface area (Å²) in [6.07, 6.45) is 3.39. The van der Waals surface area contributed by atoms with Gasteiger partial charge in [-0.15, -0.1) is 0 Å². The van der Waals surface area contributed by atoms with Crippen molar-refractivity contribution in [1.82, 2.24) is 15.0 Å². The second kappa shape index (κ2) is 6.03. The zero-order chi connectivity index (χ0) is 19.1. The first-order valence-electron chi connectivity index (χ1n) is 8.18. The van der Waals surface area contributed by atoms with Crippen molar-refractivity contribution in [3.8, 4) is 11.4 Å². The second-order valence-corrected chi connectivity index (χ2v) is 6.91. The van der Waals surface area contributed by atoms with Gasteiger partial charge in [0.05, 0.1) is 11.0 Å². The minimum absolute atomic E-state index is 0.477. The van der Waals surface area contributed by atoms with Gasteiger partial charge in [0, 0.05) is 23.4 Å². The Labute approximate surface area is 150 Å². The smallest absolute Gasteiger partial charge is 0.246 e. The second-order valence-electron chi connectivity index (χ2n) is 6.91. The number of Topliss-reactive ketones (excluding diaryl/α,β-unsaturated/α-hetero) is 1. The summed E-state index contributed by atoms with van der Waals surface area (Å²) in [5.74, 6) is -0.623. The molecule has 1 atom stereocenters. The fraction of sp³-hybridized carbons (Fsp3) is 0.263. The predicted octanol–water partition coefficient (Wildman–Crippen LogP) is 1.67. The molecule has 5 N–H and O–H groups in total. The first-order valence-corrected chi connectivity index (χ1v) is 8.18. The summed E-state index contributed by atoms with van der Waals surface area (Å²) in [5, 5.41) is 0. The lowest BCUT2D eigenvalue weighted by atomic mass is 9.66. The van der Waals surface area contributed by atoms with E-state index in [0.29, 0.717) is 16.9 Å². The standard InChI is InChI=1S/C19H21N5O2/c1-11(25)19(21,17(20)26)18(2,3)13-4-5-14-15(10-13)24-16(23-14)12-6-8-22-9-7-12/h4-10H,21H2,1-3H3,(H2,20,26)(H,23,24). The maximum absolute atomic E-state index is 12.1. The van der Waals surface area contributed by atoms with Crippen LogP contribution in [-0.4, -0.2) is 32.2 Å². The Kier molecular flexibility index (Phi) is 4.12. The predicted molar refractivity (Wildman–Crippen MR) is 99.1 cm³/mol. The van der Waals surface area contributed by atoms with Gasteiger partial charge >= 0.3 is 0 Å². The molecular formula is C19H21N5O2. The van der Waals surface area contributed by atoms with E-state index in [1.54, 1.807) is 26.2 Å². The highest BCUT2D eigenvalue weighted by molar-refractivity contribution is 6.10. The number of imidazole rings is 1. The van der Waals surface area contributed by atoms with Crippen molar-refractivity contribution < 1.29 is 9.59 Å². The van der Waals surface area contributed by atoms with Crippen LogP contribution in [0.15, 0.2) is 42.7 Å². The van der Waals surface area contributed by atoms with Gasteiger partial charge in [-0.2, -0.15) is 0 Å². The number of benzene rings is 1. The molecule has 0 radical (unpaired) electrons. The van der Waals surface area contributed by atoms with Gasteiger partial charge in [-0.25, -0.2) is 4.98 Å². The number of carbonyl (C=O) groups is 2. The average molecular weight is 351 g/mol. The van der Waals surface area contributed by atoms with E-state index >= 15 is 0 Å². The normalized spacial score (nSPS) is 14.2. The Morgan fingerprint density at radius 2 is 1.77 bits per heavy atom. The summed E-state index contributed by atoms with van der Waals surface area (Å²) >= 11 is 0. The summed E-state index contributed by atoms with van der Waals surface area (Å²) in [6, 6.07) is 9.21. The van der Waals surface area contributed by atoms with Gasteiger partial charge in [-0.1, -0.05) is 19.9 Å². The lowest BCUT2D eigenvalue weighted by molar-refractivity contribution is -0.135. The summed E-state index contributed by atoms with van der Waals surface area (Å²) in [7, 11) is 0. The SMILES string of the molecule is CC(=O)C(N)(C(N)=O)C(C)(C)c1ccc2[nH]c(-c3ccncc3)nc2c1. The van der Waals surface area contributed by atoms with Crippen molar-refractivity contribution >= 4 is 22.7 Å². The highest BCUT2D eigenvalue weighted by Crippen LogP contribution is 2.35. The van der Waals surface area contributed by atoms with E-state index in [9.17, 15) is 9.59 Å². The maximum atomic E-state index is 12.1. The molecule has 1 unspecified atom stereocenters. The van der Waals surface area contributed by atoms with Gasteiger partial charge in [0.15, 0.2) is 11.3 Å². The summed E-state index contributed by atoms with van der Waals surface area (Å²) in [4.78, 5) is 36.0. The van der Waals surface area contributed by atoms with Crippen molar-refractivity contribution in [2.75, 3.05) is 0 Å². The Balaban J connectivity index is 2.11. The lowest BCUT2D eigenvalue weighted by Gasteiger charge is -2.39. The third-order valence-electron chi connectivity index (χ3n) is 5.09. The molecule has 0 fully saturated rings. The average Bonchev–Trinajstić information content (AvgIpc) is 3.04. The van der Waals surface area contributed by atoms with Crippen molar-refractivity contribution in [2.24, 2.45) is 11.5 Å². The maximum Gasteiger partial charge on any atom is 0.246 e. The number of nitrogens with one attached hydrogen (secondary N) is 1. The molecule has 0 spiro atoms. The number of aromatic nitrogens is 3. The number of amides is 1. The topological polar surface area (TPSA) is 128 Å². The van der Waals surface area contributed by atoms with Gasteiger partial charge < -0.3 is 16.5 Å². The number of pyridine rings is 1. The van der Waals surface area contributed by atoms with Crippen LogP contribution in [0.1, 0.15) is 26.3 Å². The molecule has 0 aliphatic rings. The molecule has 7 heteroatoms. The largest absolute Gasteiger partial charge is 0.368 e. The molecule has 3 aromatic rings. The van der Waals surface area contributed by atoms with Crippen LogP contribution in [0.5, 0.6) is 0 Å². The summed E-state index contributed by atoms with van der Waals surface area (Å²) in [5.41, 5.74) is 12.0. The number of H-pyrrole nitrogens is 1. The van der Waals surface area contributed by atoms with Crippen LogP contribution in [0.4, 0.5) is 0 Å². The van der Waals surface area contributed by atoms with E-state index in [2.05, 4.69) is 15.0 Å². The zero-order valence-corrected chi connectivity index (χ0v) is 14.9. The molecule has 7 nitrogen and oxygen atoms in total. The monoisotopic (exact) mass is 351 g/mol. The zero-order valence-electron chi connectivity index (χ0n) is 14.9. The number of hydrogen-bond acceptors (Lipinski definition) is 5. The Morgan fingerprint density at radius 1 is 1.12 bits per heavy atom. The van der Waals surface area contributed by atoms with Crippen LogP contribution < -0.4 is 11.5 Å². The molecule has 1 amide bonds. The van der Waals surface area contributed by atoms with E-state index in [1.165, 1.54) is 6.92 Å². The van der Waals surface area contributed by atoms with Gasteiger partial charge in [0.25, 0.3) is 0 Å². The minimum Gasteiger partial charge on any atom is -0.368 e. The van der Waals surface area contributed by atoms with Crippen LogP contribution in [0.3, 0.4) is 0 Å². The van der Waals surface area contributed by atoms with Crippen LogP contribution in [0.25, 0.3) is 22.4 Å². The molecule has 2 aromatic heterocycles. The molecule has 134 valence electrons. The molecule has 1 aromatic carbocycles. The van der Waals surface area contributed by atoms with Gasteiger partial charge in [0.1, 0.15) is 5.82 Å². The fourth-order valence-electron chi connectivity index (χ4n) is 3.19. The van der Waals surface area contributed by atoms with E-state index in [0.717, 1.165) is 11.1 Å². The number of nitrogens with two attached hydrogens (primary N) is 2. The molecule has 0 saturated heterocycles. The van der Waals surface area contributed by atoms with Crippen molar-refractivity contribution in [3.63, 3.8) is 0 Å². The Morgan fingerprint density at radius 3 is 2.35 bits per heavy atom.